The van der Waals surface area contributed by atoms with Gasteiger partial charge in [-0.05, 0) is 55.6 Å². The molecule has 2 N–H and O–H groups in total. The second kappa shape index (κ2) is 8.03. The zero-order chi connectivity index (χ0) is 17.7. The van der Waals surface area contributed by atoms with E-state index in [-0.39, 0.29) is 11.7 Å². The van der Waals surface area contributed by atoms with Gasteiger partial charge in [0.2, 0.25) is 0 Å². The summed E-state index contributed by atoms with van der Waals surface area (Å²) in [5, 5.41) is 21.3. The van der Waals surface area contributed by atoms with Crippen LogP contribution in [0.4, 0.5) is 0 Å². The summed E-state index contributed by atoms with van der Waals surface area (Å²) in [6.07, 6.45) is 4.42. The summed E-state index contributed by atoms with van der Waals surface area (Å²) in [5.41, 5.74) is 1.09. The molecule has 0 saturated carbocycles. The van der Waals surface area contributed by atoms with Crippen molar-refractivity contribution in [2.75, 3.05) is 19.6 Å². The molecule has 0 bridgehead atoms. The van der Waals surface area contributed by atoms with Crippen molar-refractivity contribution in [3.63, 3.8) is 0 Å². The van der Waals surface area contributed by atoms with Crippen molar-refractivity contribution in [1.29, 1.82) is 0 Å². The third kappa shape index (κ3) is 4.05. The minimum Gasteiger partial charge on any atom is -0.508 e. The third-order valence-electron chi connectivity index (χ3n) is 5.57. The highest BCUT2D eigenvalue weighted by molar-refractivity contribution is 5.35. The molecule has 0 radical (unpaired) electrons. The Balaban J connectivity index is 1.96. The maximum atomic E-state index is 11.7. The number of hydrogen-bond donors (Lipinski definition) is 2. The van der Waals surface area contributed by atoms with E-state index in [0.29, 0.717) is 6.42 Å². The topological polar surface area (TPSA) is 43.7 Å². The van der Waals surface area contributed by atoms with E-state index in [2.05, 4.69) is 17.0 Å². The number of aliphatic hydroxyl groups is 1. The summed E-state index contributed by atoms with van der Waals surface area (Å²) < 4.78 is 0. The molecule has 1 aliphatic heterocycles. The van der Waals surface area contributed by atoms with Crippen molar-refractivity contribution in [3.05, 3.63) is 65.7 Å². The van der Waals surface area contributed by atoms with E-state index in [4.69, 9.17) is 0 Å². The molecular weight excluding hydrogens is 310 g/mol. The predicted octanol–water partition coefficient (Wildman–Crippen LogP) is 4.26. The van der Waals surface area contributed by atoms with Crippen molar-refractivity contribution in [2.24, 2.45) is 0 Å². The van der Waals surface area contributed by atoms with Gasteiger partial charge in [-0.3, -0.25) is 0 Å². The first-order valence-electron chi connectivity index (χ1n) is 9.42. The quantitative estimate of drug-likeness (QED) is 0.826. The maximum Gasteiger partial charge on any atom is 0.115 e. The Morgan fingerprint density at radius 1 is 0.960 bits per heavy atom. The predicted molar refractivity (Wildman–Crippen MR) is 102 cm³/mol. The van der Waals surface area contributed by atoms with Crippen molar-refractivity contribution in [3.8, 4) is 5.75 Å². The average Bonchev–Trinajstić information content (AvgIpc) is 2.67. The number of phenolic OH excluding ortho intramolecular Hbond substituents is 1. The van der Waals surface area contributed by atoms with Crippen LogP contribution in [0.2, 0.25) is 0 Å². The molecular formula is C22H29NO2. The molecule has 1 aliphatic rings. The minimum absolute atomic E-state index is 0.00124. The fraction of sp³-hybridized carbons (Fsp3) is 0.455. The summed E-state index contributed by atoms with van der Waals surface area (Å²) >= 11 is 0. The maximum absolute atomic E-state index is 11.7. The standard InChI is InChI=1S/C22H29NO2/c1-2-22(25,19-11-13-20(24)14-12-19)21(18-9-5-3-6-10-18)17-23-15-7-4-8-16-23/h3,5-6,9-14,21,24-25H,2,4,7-8,15-17H2,1H3. The van der Waals surface area contributed by atoms with Gasteiger partial charge in [-0.1, -0.05) is 55.8 Å². The van der Waals surface area contributed by atoms with Gasteiger partial charge in [0, 0.05) is 12.5 Å². The zero-order valence-corrected chi connectivity index (χ0v) is 15.1. The molecule has 3 rings (SSSR count). The van der Waals surface area contributed by atoms with Crippen molar-refractivity contribution < 1.29 is 10.2 Å². The van der Waals surface area contributed by atoms with Gasteiger partial charge in [-0.25, -0.2) is 0 Å². The van der Waals surface area contributed by atoms with Crippen LogP contribution < -0.4 is 0 Å². The van der Waals surface area contributed by atoms with Gasteiger partial charge in [-0.2, -0.15) is 0 Å². The second-order valence-corrected chi connectivity index (χ2v) is 7.15. The van der Waals surface area contributed by atoms with Crippen LogP contribution in [0.1, 0.15) is 49.7 Å². The third-order valence-corrected chi connectivity index (χ3v) is 5.57. The zero-order valence-electron chi connectivity index (χ0n) is 15.1. The fourth-order valence-corrected chi connectivity index (χ4v) is 4.02. The van der Waals surface area contributed by atoms with Gasteiger partial charge in [0.25, 0.3) is 0 Å². The Morgan fingerprint density at radius 3 is 2.20 bits per heavy atom. The number of benzene rings is 2. The highest BCUT2D eigenvalue weighted by Crippen LogP contribution is 2.41. The van der Waals surface area contributed by atoms with E-state index in [0.717, 1.165) is 25.2 Å². The van der Waals surface area contributed by atoms with Crippen LogP contribution >= 0.6 is 0 Å². The number of aromatic hydroxyl groups is 1. The van der Waals surface area contributed by atoms with Crippen LogP contribution in [0.15, 0.2) is 54.6 Å². The van der Waals surface area contributed by atoms with Crippen molar-refractivity contribution in [2.45, 2.75) is 44.1 Å². The van der Waals surface area contributed by atoms with Gasteiger partial charge in [0.05, 0.1) is 5.60 Å². The second-order valence-electron chi connectivity index (χ2n) is 7.15. The SMILES string of the molecule is CCC(O)(c1ccc(O)cc1)C(CN1CCCCC1)c1ccccc1. The summed E-state index contributed by atoms with van der Waals surface area (Å²) in [6, 6.07) is 17.4. The van der Waals surface area contributed by atoms with Crippen LogP contribution in [0.3, 0.4) is 0 Å². The van der Waals surface area contributed by atoms with Gasteiger partial charge < -0.3 is 15.1 Å². The highest BCUT2D eigenvalue weighted by Gasteiger charge is 2.39. The highest BCUT2D eigenvalue weighted by atomic mass is 16.3. The van der Waals surface area contributed by atoms with E-state index >= 15 is 0 Å². The first-order valence-corrected chi connectivity index (χ1v) is 9.42. The first-order chi connectivity index (χ1) is 12.1. The molecule has 2 unspecified atom stereocenters. The molecule has 3 nitrogen and oxygen atoms in total. The Morgan fingerprint density at radius 2 is 1.60 bits per heavy atom. The number of nitrogens with zero attached hydrogens (tertiary/aromatic N) is 1. The number of rotatable bonds is 6. The molecule has 1 heterocycles. The van der Waals surface area contributed by atoms with Gasteiger partial charge in [0.15, 0.2) is 0 Å². The molecule has 2 atom stereocenters. The van der Waals surface area contributed by atoms with Crippen LogP contribution in [0, 0.1) is 0 Å². The summed E-state index contributed by atoms with van der Waals surface area (Å²) in [7, 11) is 0. The molecule has 1 saturated heterocycles. The smallest absolute Gasteiger partial charge is 0.115 e. The lowest BCUT2D eigenvalue weighted by Crippen LogP contribution is -2.42. The minimum atomic E-state index is -0.952. The molecule has 0 spiro atoms. The van der Waals surface area contributed by atoms with Crippen LogP contribution in [0.5, 0.6) is 5.75 Å². The van der Waals surface area contributed by atoms with E-state index in [9.17, 15) is 10.2 Å². The lowest BCUT2D eigenvalue weighted by molar-refractivity contribution is -0.0105. The molecule has 2 aromatic carbocycles. The Kier molecular flexibility index (Phi) is 5.77. The number of phenols is 1. The Hall–Kier alpha value is -1.84. The van der Waals surface area contributed by atoms with Gasteiger partial charge in [0.1, 0.15) is 5.75 Å². The summed E-state index contributed by atoms with van der Waals surface area (Å²) in [6.45, 7) is 5.12. The van der Waals surface area contributed by atoms with E-state index in [1.165, 1.54) is 24.8 Å². The summed E-state index contributed by atoms with van der Waals surface area (Å²) in [5.74, 6) is 0.232. The van der Waals surface area contributed by atoms with Crippen molar-refractivity contribution in [1.82, 2.24) is 4.90 Å². The average molecular weight is 339 g/mol. The molecule has 2 aromatic rings. The van der Waals surface area contributed by atoms with Crippen molar-refractivity contribution >= 4 is 0 Å². The number of hydrogen-bond acceptors (Lipinski definition) is 3. The van der Waals surface area contributed by atoms with Gasteiger partial charge >= 0.3 is 0 Å². The molecule has 0 aromatic heterocycles. The molecule has 0 aliphatic carbocycles. The molecule has 134 valence electrons. The Bertz CT molecular complexity index is 649. The van der Waals surface area contributed by atoms with E-state index in [1.807, 2.05) is 37.3 Å². The Labute approximate surface area is 150 Å². The van der Waals surface area contributed by atoms with E-state index < -0.39 is 5.60 Å². The molecule has 25 heavy (non-hydrogen) atoms. The normalized spacial score (nSPS) is 19.3. The van der Waals surface area contributed by atoms with Crippen LogP contribution in [-0.2, 0) is 5.60 Å². The summed E-state index contributed by atoms with van der Waals surface area (Å²) in [4.78, 5) is 2.49. The molecule has 3 heteroatoms. The monoisotopic (exact) mass is 339 g/mol. The van der Waals surface area contributed by atoms with E-state index in [1.54, 1.807) is 12.1 Å². The fourth-order valence-electron chi connectivity index (χ4n) is 4.02. The first kappa shape index (κ1) is 18.0. The number of likely N-dealkylation sites (tertiary alicyclic amines) is 1. The van der Waals surface area contributed by atoms with Gasteiger partial charge in [-0.15, -0.1) is 0 Å². The van der Waals surface area contributed by atoms with Crippen LogP contribution in [0.25, 0.3) is 0 Å². The van der Waals surface area contributed by atoms with Crippen LogP contribution in [-0.4, -0.2) is 34.7 Å². The molecule has 0 amide bonds. The largest absolute Gasteiger partial charge is 0.508 e. The lowest BCUT2D eigenvalue weighted by atomic mass is 9.75. The number of piperidine rings is 1. The lowest BCUT2D eigenvalue weighted by Gasteiger charge is -2.40. The molecule has 1 fully saturated rings.